The van der Waals surface area contributed by atoms with Gasteiger partial charge in [-0.2, -0.15) is 0 Å². The molecule has 4 rings (SSSR count). The second-order valence-electron chi connectivity index (χ2n) is 7.94. The Kier molecular flexibility index (Phi) is 5.39. The van der Waals surface area contributed by atoms with Crippen molar-refractivity contribution in [1.82, 2.24) is 15.0 Å². The second kappa shape index (κ2) is 7.99. The fourth-order valence-corrected chi connectivity index (χ4v) is 3.67. The van der Waals surface area contributed by atoms with E-state index in [2.05, 4.69) is 36.9 Å². The van der Waals surface area contributed by atoms with Gasteiger partial charge in [-0.1, -0.05) is 12.1 Å². The Morgan fingerprint density at radius 3 is 2.73 bits per heavy atom. The number of nitrogens with zero attached hydrogens (tertiary/aromatic N) is 4. The minimum atomic E-state index is -0.621. The molecular formula is C23H21BrN4O2. The molecule has 0 N–H and O–H groups in total. The number of hydrogen-bond donors (Lipinski definition) is 0. The number of carbonyl (C=O) groups is 1. The normalized spacial score (nSPS) is 11.6. The molecule has 6 nitrogen and oxygen atoms in total. The van der Waals surface area contributed by atoms with Gasteiger partial charge in [0, 0.05) is 34.6 Å². The highest BCUT2D eigenvalue weighted by molar-refractivity contribution is 9.10. The Balaban J connectivity index is 1.80. The van der Waals surface area contributed by atoms with Crippen molar-refractivity contribution in [3.63, 3.8) is 0 Å². The van der Waals surface area contributed by atoms with Crippen LogP contribution in [0.1, 0.15) is 26.3 Å². The third-order valence-corrected chi connectivity index (χ3v) is 5.13. The highest BCUT2D eigenvalue weighted by Crippen LogP contribution is 2.29. The van der Waals surface area contributed by atoms with Crippen molar-refractivity contribution in [2.75, 3.05) is 4.90 Å². The summed E-state index contributed by atoms with van der Waals surface area (Å²) in [6.07, 6.45) is 6.52. The predicted molar refractivity (Wildman–Crippen MR) is 121 cm³/mol. The number of rotatable bonds is 3. The predicted octanol–water partition coefficient (Wildman–Crippen LogP) is 5.88. The molecule has 0 bridgehead atoms. The van der Waals surface area contributed by atoms with E-state index in [1.807, 2.05) is 51.2 Å². The molecule has 3 heterocycles. The van der Waals surface area contributed by atoms with Crippen LogP contribution in [-0.2, 0) is 11.3 Å². The first-order valence-corrected chi connectivity index (χ1v) is 10.3. The van der Waals surface area contributed by atoms with Crippen molar-refractivity contribution in [3.05, 3.63) is 71.2 Å². The van der Waals surface area contributed by atoms with E-state index < -0.39 is 11.7 Å². The molecule has 4 aromatic rings. The summed E-state index contributed by atoms with van der Waals surface area (Å²) in [5, 5.41) is 2.05. The van der Waals surface area contributed by atoms with Crippen LogP contribution in [0.15, 0.2) is 65.7 Å². The summed E-state index contributed by atoms with van der Waals surface area (Å²) in [6.45, 7) is 5.89. The Bertz CT molecular complexity index is 1230. The average molecular weight is 465 g/mol. The lowest BCUT2D eigenvalue weighted by molar-refractivity contribution is 0.0578. The molecule has 30 heavy (non-hydrogen) atoms. The van der Waals surface area contributed by atoms with Gasteiger partial charge in [0.05, 0.1) is 17.7 Å². The van der Waals surface area contributed by atoms with Crippen molar-refractivity contribution in [1.29, 1.82) is 0 Å². The van der Waals surface area contributed by atoms with Gasteiger partial charge in [-0.25, -0.2) is 4.79 Å². The first-order valence-electron chi connectivity index (χ1n) is 9.54. The Labute approximate surface area is 183 Å². The van der Waals surface area contributed by atoms with E-state index in [-0.39, 0.29) is 0 Å². The standard InChI is InChI=1S/C23H21BrN4O2/c1-23(2,3)30-22(29)28(20-8-10-26-19-5-4-9-27-21(19)20)14-15-6-7-16-12-25-13-18(24)17(16)11-15/h4-13H,14H2,1-3H3. The summed E-state index contributed by atoms with van der Waals surface area (Å²) in [4.78, 5) is 27.8. The fraction of sp³-hybridized carbons (Fsp3) is 0.217. The average Bonchev–Trinajstić information content (AvgIpc) is 2.71. The lowest BCUT2D eigenvalue weighted by Crippen LogP contribution is -2.36. The first kappa shape index (κ1) is 20.2. The molecule has 3 aromatic heterocycles. The summed E-state index contributed by atoms with van der Waals surface area (Å²) in [5.41, 5.74) is 2.36. The van der Waals surface area contributed by atoms with Crippen LogP contribution in [0.5, 0.6) is 0 Å². The first-order chi connectivity index (χ1) is 14.3. The number of hydrogen-bond acceptors (Lipinski definition) is 5. The molecule has 0 radical (unpaired) electrons. The van der Waals surface area contributed by atoms with Crippen molar-refractivity contribution in [2.24, 2.45) is 0 Å². The smallest absolute Gasteiger partial charge is 0.415 e. The summed E-state index contributed by atoms with van der Waals surface area (Å²) in [5.74, 6) is 0. The Morgan fingerprint density at radius 1 is 1.10 bits per heavy atom. The summed E-state index contributed by atoms with van der Waals surface area (Å²) in [7, 11) is 0. The third kappa shape index (κ3) is 4.26. The topological polar surface area (TPSA) is 68.2 Å². The van der Waals surface area contributed by atoms with Crippen LogP contribution in [-0.4, -0.2) is 26.6 Å². The van der Waals surface area contributed by atoms with Crippen molar-refractivity contribution >= 4 is 49.5 Å². The van der Waals surface area contributed by atoms with Crippen LogP contribution in [0.25, 0.3) is 21.8 Å². The van der Waals surface area contributed by atoms with Crippen LogP contribution in [0, 0.1) is 0 Å². The van der Waals surface area contributed by atoms with Gasteiger partial charge in [-0.3, -0.25) is 19.9 Å². The maximum absolute atomic E-state index is 13.2. The lowest BCUT2D eigenvalue weighted by Gasteiger charge is -2.28. The maximum Gasteiger partial charge on any atom is 0.415 e. The molecule has 1 amide bonds. The number of pyridine rings is 3. The largest absolute Gasteiger partial charge is 0.443 e. The fourth-order valence-electron chi connectivity index (χ4n) is 3.20. The van der Waals surface area contributed by atoms with E-state index in [9.17, 15) is 4.79 Å². The number of ether oxygens (including phenoxy) is 1. The highest BCUT2D eigenvalue weighted by Gasteiger charge is 2.25. The number of benzene rings is 1. The summed E-state index contributed by atoms with van der Waals surface area (Å²) >= 11 is 3.56. The molecule has 0 aliphatic heterocycles. The molecular weight excluding hydrogens is 444 g/mol. The summed E-state index contributed by atoms with van der Waals surface area (Å²) < 4.78 is 6.61. The van der Waals surface area contributed by atoms with E-state index in [1.165, 1.54) is 0 Å². The van der Waals surface area contributed by atoms with E-state index in [4.69, 9.17) is 4.74 Å². The van der Waals surface area contributed by atoms with Crippen molar-refractivity contribution in [3.8, 4) is 0 Å². The zero-order valence-corrected chi connectivity index (χ0v) is 18.5. The Hall–Kier alpha value is -3.06. The molecule has 0 atom stereocenters. The maximum atomic E-state index is 13.2. The molecule has 152 valence electrons. The number of halogens is 1. The number of anilines is 1. The molecule has 0 aliphatic carbocycles. The number of amides is 1. The molecule has 0 unspecified atom stereocenters. The van der Waals surface area contributed by atoms with Crippen molar-refractivity contribution < 1.29 is 9.53 Å². The van der Waals surface area contributed by atoms with Gasteiger partial charge in [0.2, 0.25) is 0 Å². The number of aromatic nitrogens is 3. The highest BCUT2D eigenvalue weighted by atomic mass is 79.9. The van der Waals surface area contributed by atoms with E-state index in [0.29, 0.717) is 17.7 Å². The third-order valence-electron chi connectivity index (χ3n) is 4.50. The zero-order chi connectivity index (χ0) is 21.3. The van der Waals surface area contributed by atoms with E-state index in [0.717, 1.165) is 26.3 Å². The SMILES string of the molecule is CC(C)(C)OC(=O)N(Cc1ccc2cncc(Br)c2c1)c1ccnc2cccnc12. The number of fused-ring (bicyclic) bond motifs is 2. The van der Waals surface area contributed by atoms with Crippen LogP contribution in [0.2, 0.25) is 0 Å². The summed E-state index contributed by atoms with van der Waals surface area (Å²) in [6, 6.07) is 11.5. The van der Waals surface area contributed by atoms with Crippen LogP contribution >= 0.6 is 15.9 Å². The quantitative estimate of drug-likeness (QED) is 0.378. The van der Waals surface area contributed by atoms with Gasteiger partial charge < -0.3 is 4.74 Å². The molecule has 0 spiro atoms. The van der Waals surface area contributed by atoms with E-state index in [1.54, 1.807) is 29.6 Å². The van der Waals surface area contributed by atoms with Gasteiger partial charge >= 0.3 is 6.09 Å². The van der Waals surface area contributed by atoms with Gasteiger partial charge in [-0.05, 0) is 71.9 Å². The molecule has 7 heteroatoms. The van der Waals surface area contributed by atoms with Gasteiger partial charge in [-0.15, -0.1) is 0 Å². The van der Waals surface area contributed by atoms with E-state index >= 15 is 0 Å². The molecule has 0 saturated carbocycles. The monoisotopic (exact) mass is 464 g/mol. The lowest BCUT2D eigenvalue weighted by atomic mass is 10.1. The Morgan fingerprint density at radius 2 is 1.93 bits per heavy atom. The number of carbonyl (C=O) groups excluding carboxylic acids is 1. The van der Waals surface area contributed by atoms with Crippen molar-refractivity contribution in [2.45, 2.75) is 32.9 Å². The molecule has 0 saturated heterocycles. The van der Waals surface area contributed by atoms with Crippen LogP contribution < -0.4 is 4.90 Å². The molecule has 0 aliphatic rings. The zero-order valence-electron chi connectivity index (χ0n) is 17.0. The minimum absolute atomic E-state index is 0.329. The van der Waals surface area contributed by atoms with Gasteiger partial charge in [0.25, 0.3) is 0 Å². The van der Waals surface area contributed by atoms with Gasteiger partial charge in [0.15, 0.2) is 0 Å². The molecule has 1 aromatic carbocycles. The minimum Gasteiger partial charge on any atom is -0.443 e. The van der Waals surface area contributed by atoms with Crippen LogP contribution in [0.4, 0.5) is 10.5 Å². The molecule has 0 fully saturated rings. The van der Waals surface area contributed by atoms with Gasteiger partial charge in [0.1, 0.15) is 11.1 Å². The second-order valence-corrected chi connectivity index (χ2v) is 8.80. The van der Waals surface area contributed by atoms with Crippen LogP contribution in [0.3, 0.4) is 0 Å².